The first-order valence-corrected chi connectivity index (χ1v) is 14.9. The van der Waals surface area contributed by atoms with Gasteiger partial charge in [0.1, 0.15) is 0 Å². The minimum absolute atomic E-state index is 0. The van der Waals surface area contributed by atoms with E-state index in [1.807, 2.05) is 3.77 Å². The van der Waals surface area contributed by atoms with Crippen molar-refractivity contribution in [3.05, 3.63) is 40.2 Å². The molecule has 0 fully saturated rings. The van der Waals surface area contributed by atoms with Gasteiger partial charge in [0, 0.05) is 4.90 Å². The predicted octanol–water partition coefficient (Wildman–Crippen LogP) is 5.96. The zero-order valence-corrected chi connectivity index (χ0v) is 21.2. The van der Waals surface area contributed by atoms with Crippen molar-refractivity contribution in [1.29, 1.82) is 0 Å². The van der Waals surface area contributed by atoms with E-state index < -0.39 is 13.1 Å². The van der Waals surface area contributed by atoms with Gasteiger partial charge >= 0.3 is 18.9 Å². The molecule has 0 radical (unpaired) electrons. The van der Waals surface area contributed by atoms with E-state index in [0.29, 0.717) is 0 Å². The average Bonchev–Trinajstić information content (AvgIpc) is 2.59. The summed E-state index contributed by atoms with van der Waals surface area (Å²) in [6.07, 6.45) is 9.29. The molecule has 0 saturated carbocycles. The van der Waals surface area contributed by atoms with Crippen LogP contribution in [0.25, 0.3) is 0 Å². The van der Waals surface area contributed by atoms with Gasteiger partial charge in [-0.1, -0.05) is 97.3 Å². The van der Waals surface area contributed by atoms with Crippen LogP contribution in [-0.2, 0) is 0 Å². The van der Waals surface area contributed by atoms with E-state index in [-0.39, 0.29) is 18.9 Å². The summed E-state index contributed by atoms with van der Waals surface area (Å²) in [5.74, 6) is 1.61. The Hall–Kier alpha value is 0.440. The minimum Gasteiger partial charge on any atom is -0.199 e. The van der Waals surface area contributed by atoms with Crippen LogP contribution in [0.2, 0.25) is 15.8 Å². The van der Waals surface area contributed by atoms with Gasteiger partial charge in [0.25, 0.3) is 0 Å². The maximum Gasteiger partial charge on any atom is 1.00 e. The zero-order valence-electron chi connectivity index (χ0n) is 19.3. The molecule has 0 aliphatic heterocycles. The smallest absolute Gasteiger partial charge is 0.199 e. The second kappa shape index (κ2) is 15.3. The summed E-state index contributed by atoms with van der Waals surface area (Å²) in [5.41, 5.74) is 0. The summed E-state index contributed by atoms with van der Waals surface area (Å²) in [6.45, 7) is 14.4. The minimum atomic E-state index is -1.84. The molecule has 0 aromatic heterocycles. The number of allylic oxidation sites excluding steroid dienone is 1. The average molecular weight is 397 g/mol. The molecule has 0 heterocycles. The Labute approximate surface area is 189 Å². The number of hydrogen-bond donors (Lipinski definition) is 0. The van der Waals surface area contributed by atoms with E-state index >= 15 is 0 Å². The van der Waals surface area contributed by atoms with Crippen molar-refractivity contribution in [1.82, 2.24) is 0 Å². The largest absolute Gasteiger partial charge is 1.00 e. The van der Waals surface area contributed by atoms with Crippen LogP contribution in [-0.4, -0.2) is 13.1 Å². The maximum absolute atomic E-state index is 2.67. The predicted molar refractivity (Wildman–Crippen MR) is 125 cm³/mol. The van der Waals surface area contributed by atoms with Crippen molar-refractivity contribution in [2.45, 2.75) is 94.4 Å². The molecule has 1 aromatic rings. The van der Waals surface area contributed by atoms with Crippen LogP contribution < -0.4 is 18.9 Å². The molecule has 27 heavy (non-hydrogen) atoms. The van der Waals surface area contributed by atoms with E-state index in [1.165, 1.54) is 52.8 Å². The molecule has 1 aromatic carbocycles. The van der Waals surface area contributed by atoms with Gasteiger partial charge in [0.15, 0.2) is 13.1 Å². The molecule has 0 atom stereocenters. The first-order valence-electron chi connectivity index (χ1n) is 11.1. The van der Waals surface area contributed by atoms with Gasteiger partial charge < -0.3 is 0 Å². The summed E-state index contributed by atoms with van der Waals surface area (Å²) >= 11 is 0.271. The quantitative estimate of drug-likeness (QED) is 0.225. The first kappa shape index (κ1) is 27.4. The van der Waals surface area contributed by atoms with E-state index in [2.05, 4.69) is 89.7 Å². The van der Waals surface area contributed by atoms with Gasteiger partial charge in [-0.2, -0.15) is 19.6 Å². The SMILES string of the molecule is CCCC/C=[C](/Sc1ccccc1)[Al-]([CH2]CCC)([CH2]C(C)C)[CH2]C(C)C.[Li+]. The van der Waals surface area contributed by atoms with Crippen molar-refractivity contribution in [3.63, 3.8) is 0 Å². The van der Waals surface area contributed by atoms with Crippen molar-refractivity contribution in [2.75, 3.05) is 0 Å². The van der Waals surface area contributed by atoms with Crippen LogP contribution in [0.1, 0.15) is 73.6 Å². The molecule has 3 heteroatoms. The Balaban J connectivity index is 0.00000676. The third kappa shape index (κ3) is 10.7. The monoisotopic (exact) mass is 396 g/mol. The number of hydrogen-bond acceptors (Lipinski definition) is 1. The summed E-state index contributed by atoms with van der Waals surface area (Å²) in [4.78, 5) is 1.43. The van der Waals surface area contributed by atoms with Gasteiger partial charge in [-0.25, -0.2) is 0 Å². The van der Waals surface area contributed by atoms with Crippen LogP contribution in [0.4, 0.5) is 0 Å². The first-order chi connectivity index (χ1) is 12.4. The molecule has 0 unspecified atom stereocenters. The fraction of sp³-hybridized carbons (Fsp3) is 0.667. The fourth-order valence-corrected chi connectivity index (χ4v) is 14.6. The van der Waals surface area contributed by atoms with Gasteiger partial charge in [-0.15, -0.1) is 17.8 Å². The molecule has 0 saturated heterocycles. The number of thioether (sulfide) groups is 1. The topological polar surface area (TPSA) is 0 Å². The Morgan fingerprint density at radius 3 is 1.96 bits per heavy atom. The third-order valence-corrected chi connectivity index (χ3v) is 14.9. The molecule has 0 aliphatic carbocycles. The molecule has 0 nitrogen and oxygen atoms in total. The van der Waals surface area contributed by atoms with Gasteiger partial charge in [-0.05, 0) is 18.6 Å². The Morgan fingerprint density at radius 1 is 0.926 bits per heavy atom. The third-order valence-electron chi connectivity index (χ3n) is 5.44. The molecule has 0 spiro atoms. The van der Waals surface area contributed by atoms with Crippen molar-refractivity contribution in [3.8, 4) is 0 Å². The van der Waals surface area contributed by atoms with Crippen LogP contribution >= 0.6 is 11.8 Å². The van der Waals surface area contributed by atoms with E-state index in [9.17, 15) is 0 Å². The molecular weight excluding hydrogens is 354 g/mol. The maximum atomic E-state index is 2.67. The van der Waals surface area contributed by atoms with Gasteiger partial charge in [-0.3, -0.25) is 0 Å². The van der Waals surface area contributed by atoms with E-state index in [0.717, 1.165) is 11.8 Å². The Morgan fingerprint density at radius 2 is 1.48 bits per heavy atom. The molecule has 0 aliphatic rings. The van der Waals surface area contributed by atoms with E-state index in [1.54, 1.807) is 0 Å². The summed E-state index contributed by atoms with van der Waals surface area (Å²) < 4.78 is 1.81. The second-order valence-corrected chi connectivity index (χ2v) is 15.7. The van der Waals surface area contributed by atoms with Crippen molar-refractivity contribution >= 4 is 24.8 Å². The van der Waals surface area contributed by atoms with Crippen LogP contribution in [0.3, 0.4) is 0 Å². The van der Waals surface area contributed by atoms with Crippen LogP contribution in [0.5, 0.6) is 0 Å². The molecule has 0 amide bonds. The van der Waals surface area contributed by atoms with Gasteiger partial charge in [0.2, 0.25) is 0 Å². The summed E-state index contributed by atoms with van der Waals surface area (Å²) in [7, 11) is 0. The molecule has 0 bridgehead atoms. The molecule has 0 N–H and O–H groups in total. The van der Waals surface area contributed by atoms with Crippen molar-refractivity contribution in [2.24, 2.45) is 11.8 Å². The summed E-state index contributed by atoms with van der Waals surface area (Å²) in [5, 5.41) is 4.45. The van der Waals surface area contributed by atoms with Crippen molar-refractivity contribution < 1.29 is 18.9 Å². The Kier molecular flexibility index (Phi) is 15.6. The molecule has 1 rings (SSSR count). The molecule has 148 valence electrons. The summed E-state index contributed by atoms with van der Waals surface area (Å²) in [6, 6.07) is 11.1. The Bertz CT molecular complexity index is 500. The molecular formula is C24H42AlLiS. The van der Waals surface area contributed by atoms with Gasteiger partial charge in [0.05, 0.1) is 0 Å². The number of unbranched alkanes of at least 4 members (excludes halogenated alkanes) is 3. The zero-order chi connectivity index (χ0) is 19.4. The van der Waals surface area contributed by atoms with Crippen LogP contribution in [0.15, 0.2) is 45.1 Å². The van der Waals surface area contributed by atoms with E-state index in [4.69, 9.17) is 0 Å². The standard InChI is InChI=1S/C12H15S.3C4H9.Al.Li/c1-2-3-4-8-11-13-12-9-6-5-7-10-12;2*1-4(2)3;1-3-4-2;;/h5-10H,2-4H2,1H3;2*4H,1H2,2-3H3;1,3-4H2,2H3;;/q;;;;-1;+1. The van der Waals surface area contributed by atoms with Crippen LogP contribution in [0, 0.1) is 11.8 Å². The fourth-order valence-electron chi connectivity index (χ4n) is 4.60. The number of benzene rings is 1. The second-order valence-electron chi connectivity index (χ2n) is 9.04. The number of rotatable bonds is 13. The normalized spacial score (nSPS) is 12.5.